The number of phenolic OH excluding ortho intramolecular Hbond substituents is 1. The van der Waals surface area contributed by atoms with Gasteiger partial charge in [-0.15, -0.1) is 0 Å². The van der Waals surface area contributed by atoms with Crippen molar-refractivity contribution >= 4 is 34.9 Å². The van der Waals surface area contributed by atoms with E-state index in [-0.39, 0.29) is 11.7 Å². The molecule has 2 aromatic carbocycles. The van der Waals surface area contributed by atoms with E-state index in [1.807, 2.05) is 13.0 Å². The third-order valence-corrected chi connectivity index (χ3v) is 4.62. The summed E-state index contributed by atoms with van der Waals surface area (Å²) in [5.74, 6) is 0.109. The van der Waals surface area contributed by atoms with Gasteiger partial charge in [-0.3, -0.25) is 4.79 Å². The lowest BCUT2D eigenvalue weighted by Gasteiger charge is -2.06. The quantitative estimate of drug-likeness (QED) is 0.318. The molecule has 8 heteroatoms. The fourth-order valence-corrected chi connectivity index (χ4v) is 3.29. The third kappa shape index (κ3) is 4.83. The van der Waals surface area contributed by atoms with E-state index in [0.29, 0.717) is 28.7 Å². The van der Waals surface area contributed by atoms with E-state index in [2.05, 4.69) is 34.3 Å². The van der Waals surface area contributed by atoms with Gasteiger partial charge in [-0.05, 0) is 48.9 Å². The molecule has 1 amide bonds. The highest BCUT2D eigenvalue weighted by molar-refractivity contribution is 7.99. The number of phenols is 1. The van der Waals surface area contributed by atoms with Crippen molar-refractivity contribution in [2.24, 2.45) is 5.10 Å². The number of nitrogens with one attached hydrogen (secondary N) is 2. The maximum absolute atomic E-state index is 12.4. The number of H-pyrrole nitrogens is 1. The van der Waals surface area contributed by atoms with Crippen molar-refractivity contribution < 1.29 is 14.6 Å². The van der Waals surface area contributed by atoms with Gasteiger partial charge in [0.15, 0.2) is 16.7 Å². The summed E-state index contributed by atoms with van der Waals surface area (Å²) in [4.78, 5) is 20.1. The van der Waals surface area contributed by atoms with Crippen molar-refractivity contribution in [1.29, 1.82) is 0 Å². The highest BCUT2D eigenvalue weighted by Crippen LogP contribution is 2.26. The number of carbonyl (C=O) groups excluding carboxylic acids is 1. The largest absolute Gasteiger partial charge is 0.504 e. The lowest BCUT2D eigenvalue weighted by atomic mass is 10.2. The Morgan fingerprint density at radius 2 is 2.18 bits per heavy atom. The number of ether oxygens (including phenoxy) is 1. The molecule has 0 bridgehead atoms. The van der Waals surface area contributed by atoms with E-state index in [1.54, 1.807) is 36.0 Å². The maximum atomic E-state index is 12.4. The molecule has 0 saturated carbocycles. The van der Waals surface area contributed by atoms with Crippen LogP contribution in [0.25, 0.3) is 11.0 Å². The zero-order valence-corrected chi connectivity index (χ0v) is 16.7. The first kappa shape index (κ1) is 19.8. The molecule has 0 aliphatic carbocycles. The molecular weight excluding hydrogens is 376 g/mol. The summed E-state index contributed by atoms with van der Waals surface area (Å²) in [7, 11) is 0. The predicted octanol–water partition coefficient (Wildman–Crippen LogP) is 3.93. The summed E-state index contributed by atoms with van der Waals surface area (Å²) in [6, 6.07) is 10.1. The predicted molar refractivity (Wildman–Crippen MR) is 111 cm³/mol. The zero-order chi connectivity index (χ0) is 20.1. The van der Waals surface area contributed by atoms with Crippen LogP contribution in [-0.4, -0.2) is 39.1 Å². The standard InChI is InChI=1S/C20H22N4O3S/c1-4-27-18-9-13(5-8-17(18)25)11-21-24-19(26)14-6-7-15-16(10-14)23-20(22-15)28-12(2)3/h5-12,25H,4H2,1-3H3,(H,22,23)(H,24,26)/b21-11-. The van der Waals surface area contributed by atoms with Crippen molar-refractivity contribution in [2.45, 2.75) is 31.2 Å². The van der Waals surface area contributed by atoms with Crippen LogP contribution in [-0.2, 0) is 0 Å². The minimum atomic E-state index is -0.324. The normalized spacial score (nSPS) is 11.4. The van der Waals surface area contributed by atoms with Crippen LogP contribution in [0.3, 0.4) is 0 Å². The Bertz CT molecular complexity index is 1010. The van der Waals surface area contributed by atoms with Crippen molar-refractivity contribution in [1.82, 2.24) is 15.4 Å². The SMILES string of the molecule is CCOc1cc(/C=N\NC(=O)c2ccc3nc(SC(C)C)[nH]c3c2)ccc1O. The first-order valence-electron chi connectivity index (χ1n) is 8.92. The van der Waals surface area contributed by atoms with Crippen molar-refractivity contribution in [3.63, 3.8) is 0 Å². The Morgan fingerprint density at radius 3 is 2.93 bits per heavy atom. The lowest BCUT2D eigenvalue weighted by Crippen LogP contribution is -2.17. The number of aromatic amines is 1. The number of hydrogen-bond donors (Lipinski definition) is 3. The number of imidazole rings is 1. The molecule has 146 valence electrons. The molecule has 0 radical (unpaired) electrons. The van der Waals surface area contributed by atoms with Gasteiger partial charge in [0, 0.05) is 10.8 Å². The van der Waals surface area contributed by atoms with Crippen LogP contribution in [0.4, 0.5) is 0 Å². The Kier molecular flexibility index (Phi) is 6.20. The molecule has 0 spiro atoms. The molecule has 1 heterocycles. The number of aromatic nitrogens is 2. The van der Waals surface area contributed by atoms with E-state index < -0.39 is 0 Å². The minimum Gasteiger partial charge on any atom is -0.504 e. The van der Waals surface area contributed by atoms with Crippen LogP contribution in [0.1, 0.15) is 36.7 Å². The second-order valence-corrected chi connectivity index (χ2v) is 7.87. The summed E-state index contributed by atoms with van der Waals surface area (Å²) < 4.78 is 5.33. The van der Waals surface area contributed by atoms with Crippen LogP contribution in [0.2, 0.25) is 0 Å². The van der Waals surface area contributed by atoms with Crippen LogP contribution in [0.5, 0.6) is 11.5 Å². The van der Waals surface area contributed by atoms with E-state index in [9.17, 15) is 9.90 Å². The van der Waals surface area contributed by atoms with Crippen molar-refractivity contribution in [3.05, 3.63) is 47.5 Å². The molecule has 3 N–H and O–H groups in total. The molecule has 1 aromatic heterocycles. The van der Waals surface area contributed by atoms with E-state index in [0.717, 1.165) is 16.2 Å². The summed E-state index contributed by atoms with van der Waals surface area (Å²) in [5.41, 5.74) is 5.30. The first-order chi connectivity index (χ1) is 13.5. The van der Waals surface area contributed by atoms with Crippen LogP contribution >= 0.6 is 11.8 Å². The number of rotatable bonds is 7. The van der Waals surface area contributed by atoms with Crippen LogP contribution in [0, 0.1) is 0 Å². The highest BCUT2D eigenvalue weighted by Gasteiger charge is 2.10. The zero-order valence-electron chi connectivity index (χ0n) is 15.9. The number of amides is 1. The number of hydrazone groups is 1. The summed E-state index contributed by atoms with van der Waals surface area (Å²) in [6.07, 6.45) is 1.49. The molecule has 0 fully saturated rings. The maximum Gasteiger partial charge on any atom is 0.271 e. The average Bonchev–Trinajstić information content (AvgIpc) is 3.05. The lowest BCUT2D eigenvalue weighted by molar-refractivity contribution is 0.0955. The molecule has 0 unspecified atom stereocenters. The Balaban J connectivity index is 1.69. The topological polar surface area (TPSA) is 99.6 Å². The minimum absolute atomic E-state index is 0.0610. The Morgan fingerprint density at radius 1 is 1.36 bits per heavy atom. The molecule has 28 heavy (non-hydrogen) atoms. The molecule has 0 aliphatic heterocycles. The molecule has 0 atom stereocenters. The fraction of sp³-hybridized carbons (Fsp3) is 0.250. The number of aromatic hydroxyl groups is 1. The molecule has 7 nitrogen and oxygen atoms in total. The van der Waals surface area contributed by atoms with E-state index in [4.69, 9.17) is 4.74 Å². The third-order valence-electron chi connectivity index (χ3n) is 3.73. The number of nitrogens with zero attached hydrogens (tertiary/aromatic N) is 2. The second kappa shape index (κ2) is 8.79. The van der Waals surface area contributed by atoms with Gasteiger partial charge >= 0.3 is 0 Å². The summed E-state index contributed by atoms with van der Waals surface area (Å²) >= 11 is 1.64. The van der Waals surface area contributed by atoms with Gasteiger partial charge in [-0.2, -0.15) is 5.10 Å². The van der Waals surface area contributed by atoms with Gasteiger partial charge in [-0.25, -0.2) is 10.4 Å². The monoisotopic (exact) mass is 398 g/mol. The van der Waals surface area contributed by atoms with Gasteiger partial charge < -0.3 is 14.8 Å². The summed E-state index contributed by atoms with van der Waals surface area (Å²) in [6.45, 7) is 6.47. The Hall–Kier alpha value is -3.00. The number of fused-ring (bicyclic) bond motifs is 1. The smallest absolute Gasteiger partial charge is 0.271 e. The van der Waals surface area contributed by atoms with Crippen LogP contribution in [0.15, 0.2) is 46.7 Å². The number of thioether (sulfide) groups is 1. The van der Waals surface area contributed by atoms with E-state index >= 15 is 0 Å². The van der Waals surface area contributed by atoms with Gasteiger partial charge in [0.05, 0.1) is 23.9 Å². The average molecular weight is 398 g/mol. The van der Waals surface area contributed by atoms with Gasteiger partial charge in [0.25, 0.3) is 5.91 Å². The van der Waals surface area contributed by atoms with Crippen molar-refractivity contribution in [3.8, 4) is 11.5 Å². The summed E-state index contributed by atoms with van der Waals surface area (Å²) in [5, 5.41) is 14.9. The van der Waals surface area contributed by atoms with Crippen LogP contribution < -0.4 is 10.2 Å². The number of carbonyl (C=O) groups is 1. The van der Waals surface area contributed by atoms with Gasteiger partial charge in [0.2, 0.25) is 0 Å². The second-order valence-electron chi connectivity index (χ2n) is 6.30. The Labute approximate surface area is 167 Å². The highest BCUT2D eigenvalue weighted by atomic mass is 32.2. The molecular formula is C20H22N4O3S. The number of hydrogen-bond acceptors (Lipinski definition) is 6. The fourth-order valence-electron chi connectivity index (χ4n) is 2.52. The molecule has 3 rings (SSSR count). The van der Waals surface area contributed by atoms with E-state index in [1.165, 1.54) is 12.3 Å². The van der Waals surface area contributed by atoms with Crippen molar-refractivity contribution in [2.75, 3.05) is 6.61 Å². The van der Waals surface area contributed by atoms with Gasteiger partial charge in [-0.1, -0.05) is 25.6 Å². The molecule has 0 saturated heterocycles. The molecule has 3 aromatic rings. The van der Waals surface area contributed by atoms with Gasteiger partial charge in [0.1, 0.15) is 0 Å². The molecule has 0 aliphatic rings. The number of benzene rings is 2. The first-order valence-corrected chi connectivity index (χ1v) is 9.80.